The molecule has 0 spiro atoms. The van der Waals surface area contributed by atoms with E-state index < -0.39 is 26.6 Å². The van der Waals surface area contributed by atoms with Crippen molar-refractivity contribution in [2.75, 3.05) is 20.1 Å². The first-order valence-electron chi connectivity index (χ1n) is 6.05. The van der Waals surface area contributed by atoms with Crippen LogP contribution in [0, 0.1) is 11.6 Å². The third kappa shape index (κ3) is 3.71. The Hall–Kier alpha value is -1.05. The maximum atomic E-state index is 13.4. The van der Waals surface area contributed by atoms with Crippen molar-refractivity contribution < 1.29 is 17.2 Å². The Morgan fingerprint density at radius 1 is 1.37 bits per heavy atom. The lowest BCUT2D eigenvalue weighted by atomic mass is 10.3. The molecule has 1 aromatic rings. The number of nitrogens with zero attached hydrogens (tertiary/aromatic N) is 1. The predicted molar refractivity (Wildman–Crippen MR) is 67.2 cm³/mol. The normalized spacial score (nSPS) is 16.0. The fourth-order valence-electron chi connectivity index (χ4n) is 1.83. The maximum Gasteiger partial charge on any atom is 0.243 e. The van der Waals surface area contributed by atoms with Crippen LogP contribution < -0.4 is 4.72 Å². The van der Waals surface area contributed by atoms with E-state index in [0.717, 1.165) is 25.0 Å². The number of nitrogens with one attached hydrogen (secondary N) is 1. The van der Waals surface area contributed by atoms with Crippen molar-refractivity contribution in [3.05, 3.63) is 29.8 Å². The fourth-order valence-corrected chi connectivity index (χ4v) is 2.90. The van der Waals surface area contributed by atoms with Gasteiger partial charge in [-0.25, -0.2) is 21.9 Å². The second-order valence-electron chi connectivity index (χ2n) is 4.68. The first-order chi connectivity index (χ1) is 8.90. The summed E-state index contributed by atoms with van der Waals surface area (Å²) in [5.74, 6) is -1.88. The summed E-state index contributed by atoms with van der Waals surface area (Å²) in [6.07, 6.45) is 2.27. The number of hydrogen-bond acceptors (Lipinski definition) is 3. The average Bonchev–Trinajstić information content (AvgIpc) is 3.11. The van der Waals surface area contributed by atoms with Crippen LogP contribution in [0.4, 0.5) is 8.78 Å². The van der Waals surface area contributed by atoms with Gasteiger partial charge in [0.15, 0.2) is 0 Å². The average molecular weight is 290 g/mol. The molecule has 0 saturated heterocycles. The Labute approximate surface area is 111 Å². The van der Waals surface area contributed by atoms with E-state index in [9.17, 15) is 17.2 Å². The summed E-state index contributed by atoms with van der Waals surface area (Å²) >= 11 is 0. The highest BCUT2D eigenvalue weighted by Gasteiger charge is 2.26. The lowest BCUT2D eigenvalue weighted by molar-refractivity contribution is 0.329. The predicted octanol–water partition coefficient (Wildman–Crippen LogP) is 1.34. The number of likely N-dealkylation sites (N-methyl/N-ethyl adjacent to an activating group) is 1. The number of halogens is 2. The SMILES string of the molecule is CN(CCNS(=O)(=O)c1ccc(F)cc1F)C1CC1. The van der Waals surface area contributed by atoms with Crippen LogP contribution in [0.3, 0.4) is 0 Å². The van der Waals surface area contributed by atoms with E-state index in [1.165, 1.54) is 0 Å². The molecule has 0 aromatic heterocycles. The quantitative estimate of drug-likeness (QED) is 0.860. The minimum atomic E-state index is -3.93. The molecule has 1 aliphatic rings. The summed E-state index contributed by atoms with van der Waals surface area (Å²) in [4.78, 5) is 1.53. The van der Waals surface area contributed by atoms with Crippen LogP contribution in [0.25, 0.3) is 0 Å². The molecule has 1 aliphatic carbocycles. The summed E-state index contributed by atoms with van der Waals surface area (Å²) in [6, 6.07) is 2.95. The zero-order valence-electron chi connectivity index (χ0n) is 10.6. The number of benzene rings is 1. The van der Waals surface area contributed by atoms with E-state index in [4.69, 9.17) is 0 Å². The van der Waals surface area contributed by atoms with Crippen molar-refractivity contribution in [2.45, 2.75) is 23.8 Å². The molecule has 0 atom stereocenters. The van der Waals surface area contributed by atoms with E-state index in [-0.39, 0.29) is 6.54 Å². The maximum absolute atomic E-state index is 13.4. The highest BCUT2D eigenvalue weighted by Crippen LogP contribution is 2.24. The molecule has 106 valence electrons. The molecule has 0 bridgehead atoms. The second kappa shape index (κ2) is 5.52. The summed E-state index contributed by atoms with van der Waals surface area (Å²) in [7, 11) is -2.01. The summed E-state index contributed by atoms with van der Waals surface area (Å²) in [5, 5.41) is 0. The van der Waals surface area contributed by atoms with Gasteiger partial charge in [-0.05, 0) is 32.0 Å². The molecular weight excluding hydrogens is 274 g/mol. The van der Waals surface area contributed by atoms with Crippen LogP contribution in [-0.2, 0) is 10.0 Å². The van der Waals surface area contributed by atoms with Gasteiger partial charge in [-0.1, -0.05) is 0 Å². The minimum absolute atomic E-state index is 0.201. The number of sulfonamides is 1. The monoisotopic (exact) mass is 290 g/mol. The third-order valence-corrected chi connectivity index (χ3v) is 4.60. The fraction of sp³-hybridized carbons (Fsp3) is 0.500. The molecule has 7 heteroatoms. The Morgan fingerprint density at radius 3 is 2.63 bits per heavy atom. The summed E-state index contributed by atoms with van der Waals surface area (Å²) in [5.41, 5.74) is 0. The zero-order valence-corrected chi connectivity index (χ0v) is 11.4. The van der Waals surface area contributed by atoms with E-state index in [1.807, 2.05) is 7.05 Å². The van der Waals surface area contributed by atoms with Gasteiger partial charge in [0.05, 0.1) is 0 Å². The molecule has 2 rings (SSSR count). The largest absolute Gasteiger partial charge is 0.302 e. The molecule has 1 N–H and O–H groups in total. The van der Waals surface area contributed by atoms with Crippen LogP contribution in [0.15, 0.2) is 23.1 Å². The van der Waals surface area contributed by atoms with E-state index in [1.54, 1.807) is 0 Å². The van der Waals surface area contributed by atoms with Crippen molar-refractivity contribution in [1.29, 1.82) is 0 Å². The molecular formula is C12H16F2N2O2S. The van der Waals surface area contributed by atoms with Gasteiger partial charge >= 0.3 is 0 Å². The van der Waals surface area contributed by atoms with Crippen molar-refractivity contribution >= 4 is 10.0 Å². The van der Waals surface area contributed by atoms with Gasteiger partial charge in [0.25, 0.3) is 0 Å². The van der Waals surface area contributed by atoms with Gasteiger partial charge in [-0.3, -0.25) is 0 Å². The van der Waals surface area contributed by atoms with Crippen LogP contribution in [-0.4, -0.2) is 39.5 Å². The Kier molecular flexibility index (Phi) is 4.17. The molecule has 0 heterocycles. The molecule has 1 saturated carbocycles. The second-order valence-corrected chi connectivity index (χ2v) is 6.42. The van der Waals surface area contributed by atoms with Gasteiger partial charge < -0.3 is 4.90 Å². The number of hydrogen-bond donors (Lipinski definition) is 1. The summed E-state index contributed by atoms with van der Waals surface area (Å²) < 4.78 is 52.1. The van der Waals surface area contributed by atoms with Crippen molar-refractivity contribution in [3.8, 4) is 0 Å². The molecule has 19 heavy (non-hydrogen) atoms. The number of rotatable bonds is 6. The molecule has 1 fully saturated rings. The first kappa shape index (κ1) is 14.4. The van der Waals surface area contributed by atoms with E-state index >= 15 is 0 Å². The lowest BCUT2D eigenvalue weighted by Gasteiger charge is -2.15. The van der Waals surface area contributed by atoms with Gasteiger partial charge in [0, 0.05) is 25.2 Å². The topological polar surface area (TPSA) is 49.4 Å². The van der Waals surface area contributed by atoms with Crippen LogP contribution >= 0.6 is 0 Å². The van der Waals surface area contributed by atoms with Crippen molar-refractivity contribution in [1.82, 2.24) is 9.62 Å². The Balaban J connectivity index is 1.97. The van der Waals surface area contributed by atoms with Gasteiger partial charge in [-0.2, -0.15) is 0 Å². The van der Waals surface area contributed by atoms with Gasteiger partial charge in [-0.15, -0.1) is 0 Å². The minimum Gasteiger partial charge on any atom is -0.302 e. The zero-order chi connectivity index (χ0) is 14.0. The molecule has 4 nitrogen and oxygen atoms in total. The Bertz CT molecular complexity index is 559. The summed E-state index contributed by atoms with van der Waals surface area (Å²) in [6.45, 7) is 0.763. The highest BCUT2D eigenvalue weighted by atomic mass is 32.2. The van der Waals surface area contributed by atoms with Gasteiger partial charge in [0.1, 0.15) is 16.5 Å². The van der Waals surface area contributed by atoms with Crippen LogP contribution in [0.5, 0.6) is 0 Å². The molecule has 1 aromatic carbocycles. The molecule has 0 radical (unpaired) electrons. The highest BCUT2D eigenvalue weighted by molar-refractivity contribution is 7.89. The first-order valence-corrected chi connectivity index (χ1v) is 7.53. The third-order valence-electron chi connectivity index (χ3n) is 3.11. The van der Waals surface area contributed by atoms with Crippen molar-refractivity contribution in [2.24, 2.45) is 0 Å². The van der Waals surface area contributed by atoms with Crippen LogP contribution in [0.2, 0.25) is 0 Å². The van der Waals surface area contributed by atoms with Crippen molar-refractivity contribution in [3.63, 3.8) is 0 Å². The molecule has 0 unspecified atom stereocenters. The van der Waals surface area contributed by atoms with E-state index in [0.29, 0.717) is 18.7 Å². The Morgan fingerprint density at radius 2 is 2.05 bits per heavy atom. The van der Waals surface area contributed by atoms with Gasteiger partial charge in [0.2, 0.25) is 10.0 Å². The lowest BCUT2D eigenvalue weighted by Crippen LogP contribution is -2.34. The van der Waals surface area contributed by atoms with Crippen LogP contribution in [0.1, 0.15) is 12.8 Å². The van der Waals surface area contributed by atoms with E-state index in [2.05, 4.69) is 9.62 Å². The smallest absolute Gasteiger partial charge is 0.243 e. The molecule has 0 amide bonds. The standard InChI is InChI=1S/C12H16F2N2O2S/c1-16(10-3-4-10)7-6-15-19(17,18)12-5-2-9(13)8-11(12)14/h2,5,8,10,15H,3-4,6-7H2,1H3. The molecule has 0 aliphatic heterocycles.